The number of nitrogens with one attached hydrogen (secondary N) is 3. The molecule has 0 spiro atoms. The monoisotopic (exact) mass is 411 g/mol. The average Bonchev–Trinajstić information content (AvgIpc) is 3.22. The van der Waals surface area contributed by atoms with E-state index in [0.29, 0.717) is 13.1 Å². The number of quaternary nitrogens is 1. The van der Waals surface area contributed by atoms with E-state index in [9.17, 15) is 22.4 Å². The lowest BCUT2D eigenvalue weighted by molar-refractivity contribution is -0.895. The van der Waals surface area contributed by atoms with E-state index in [1.807, 2.05) is 0 Å². The lowest BCUT2D eigenvalue weighted by Crippen LogP contribution is -3.16. The summed E-state index contributed by atoms with van der Waals surface area (Å²) in [6, 6.07) is 8.25. The van der Waals surface area contributed by atoms with Crippen LogP contribution in [0, 0.1) is 5.82 Å². The standard InChI is InChI=1S/C17H19FN4O5S/c18-13-4-1-2-6-15(13)28(25,26)22-9-7-21(8-10-22)12-16(23)19-20-17(24)14-5-3-11-27-14/h1-6,11H,7-10,12H2,(H,19,23)(H,20,24)/p+1. The van der Waals surface area contributed by atoms with Crippen LogP contribution in [0.1, 0.15) is 10.6 Å². The molecular weight excluding hydrogens is 391 g/mol. The minimum absolute atomic E-state index is 0.0615. The van der Waals surface area contributed by atoms with Gasteiger partial charge in [-0.1, -0.05) is 12.1 Å². The molecule has 0 unspecified atom stereocenters. The van der Waals surface area contributed by atoms with Crippen LogP contribution in [-0.4, -0.2) is 57.3 Å². The van der Waals surface area contributed by atoms with Crippen molar-refractivity contribution in [2.24, 2.45) is 0 Å². The Morgan fingerprint density at radius 2 is 1.82 bits per heavy atom. The topological polar surface area (TPSA) is 113 Å². The van der Waals surface area contributed by atoms with Gasteiger partial charge in [0.15, 0.2) is 12.3 Å². The highest BCUT2D eigenvalue weighted by Crippen LogP contribution is 2.18. The smallest absolute Gasteiger partial charge is 0.305 e. The molecule has 1 saturated heterocycles. The number of nitrogens with zero attached hydrogens (tertiary/aromatic N) is 1. The van der Waals surface area contributed by atoms with Crippen molar-refractivity contribution in [3.8, 4) is 0 Å². The van der Waals surface area contributed by atoms with E-state index in [0.717, 1.165) is 11.0 Å². The lowest BCUT2D eigenvalue weighted by Gasteiger charge is -2.31. The molecule has 2 aromatic rings. The van der Waals surface area contributed by atoms with Gasteiger partial charge >= 0.3 is 5.91 Å². The van der Waals surface area contributed by atoms with Gasteiger partial charge in [-0.2, -0.15) is 4.31 Å². The number of carbonyl (C=O) groups excluding carboxylic acids is 2. The minimum atomic E-state index is -3.91. The van der Waals surface area contributed by atoms with Crippen LogP contribution >= 0.6 is 0 Å². The third kappa shape index (κ3) is 4.55. The maximum atomic E-state index is 13.8. The summed E-state index contributed by atoms with van der Waals surface area (Å²) in [6.07, 6.45) is 1.34. The maximum Gasteiger partial charge on any atom is 0.305 e. The highest BCUT2D eigenvalue weighted by molar-refractivity contribution is 7.89. The van der Waals surface area contributed by atoms with Crippen LogP contribution in [0.5, 0.6) is 0 Å². The van der Waals surface area contributed by atoms with Gasteiger partial charge in [-0.3, -0.25) is 20.4 Å². The molecule has 0 atom stereocenters. The number of halogens is 1. The van der Waals surface area contributed by atoms with Crippen LogP contribution < -0.4 is 15.8 Å². The molecule has 0 aliphatic carbocycles. The highest BCUT2D eigenvalue weighted by atomic mass is 32.2. The third-order valence-electron chi connectivity index (χ3n) is 4.35. The molecule has 0 radical (unpaired) electrons. The van der Waals surface area contributed by atoms with Gasteiger partial charge in [-0.05, 0) is 24.3 Å². The van der Waals surface area contributed by atoms with Crippen LogP contribution in [0.25, 0.3) is 0 Å². The van der Waals surface area contributed by atoms with Crippen molar-refractivity contribution in [2.75, 3.05) is 32.7 Å². The molecule has 1 aromatic heterocycles. The van der Waals surface area contributed by atoms with E-state index >= 15 is 0 Å². The maximum absolute atomic E-state index is 13.8. The molecule has 1 fully saturated rings. The van der Waals surface area contributed by atoms with Gasteiger partial charge in [0, 0.05) is 0 Å². The quantitative estimate of drug-likeness (QED) is 0.534. The summed E-state index contributed by atoms with van der Waals surface area (Å²) >= 11 is 0. The second-order valence-electron chi connectivity index (χ2n) is 6.24. The summed E-state index contributed by atoms with van der Waals surface area (Å²) in [5.74, 6) is -1.71. The molecular formula is C17H20FN4O5S+. The van der Waals surface area contributed by atoms with Crippen LogP contribution in [0.2, 0.25) is 0 Å². The van der Waals surface area contributed by atoms with Gasteiger partial charge < -0.3 is 9.32 Å². The SMILES string of the molecule is O=C(C[NH+]1CCN(S(=O)(=O)c2ccccc2F)CC1)NNC(=O)c1ccco1. The van der Waals surface area contributed by atoms with Crippen molar-refractivity contribution in [3.63, 3.8) is 0 Å². The number of amides is 2. The molecule has 2 heterocycles. The number of hydrogen-bond acceptors (Lipinski definition) is 5. The normalized spacial score (nSPS) is 15.9. The predicted molar refractivity (Wildman–Crippen MR) is 95.0 cm³/mol. The Bertz CT molecular complexity index is 940. The Morgan fingerprint density at radius 3 is 2.46 bits per heavy atom. The van der Waals surface area contributed by atoms with Crippen LogP contribution in [0.3, 0.4) is 0 Å². The van der Waals surface area contributed by atoms with E-state index in [1.54, 1.807) is 6.07 Å². The minimum Gasteiger partial charge on any atom is -0.459 e. The fourth-order valence-electron chi connectivity index (χ4n) is 2.88. The molecule has 0 bridgehead atoms. The van der Waals surface area contributed by atoms with E-state index in [2.05, 4.69) is 10.9 Å². The van der Waals surface area contributed by atoms with Gasteiger partial charge in [-0.25, -0.2) is 12.8 Å². The zero-order valence-electron chi connectivity index (χ0n) is 14.9. The summed E-state index contributed by atoms with van der Waals surface area (Å²) in [4.78, 5) is 24.2. The van der Waals surface area contributed by atoms with Crippen molar-refractivity contribution in [1.29, 1.82) is 0 Å². The Kier molecular flexibility index (Phi) is 6.07. The first-order valence-electron chi connectivity index (χ1n) is 8.59. The number of sulfonamides is 1. The summed E-state index contributed by atoms with van der Waals surface area (Å²) in [5.41, 5.74) is 4.53. The van der Waals surface area contributed by atoms with Gasteiger partial charge in [-0.15, -0.1) is 0 Å². The van der Waals surface area contributed by atoms with Gasteiger partial charge in [0.1, 0.15) is 10.7 Å². The lowest BCUT2D eigenvalue weighted by atomic mass is 10.3. The number of hydrazine groups is 1. The number of carbonyl (C=O) groups is 2. The summed E-state index contributed by atoms with van der Waals surface area (Å²) in [6.45, 7) is 1.16. The molecule has 28 heavy (non-hydrogen) atoms. The third-order valence-corrected chi connectivity index (χ3v) is 6.29. The molecule has 2 amide bonds. The zero-order chi connectivity index (χ0) is 20.1. The Hall–Kier alpha value is -2.76. The number of furan rings is 1. The number of hydrogen-bond donors (Lipinski definition) is 3. The number of rotatable bonds is 5. The Balaban J connectivity index is 1.48. The fourth-order valence-corrected chi connectivity index (χ4v) is 4.39. The van der Waals surface area contributed by atoms with Crippen LogP contribution in [-0.2, 0) is 14.8 Å². The van der Waals surface area contributed by atoms with E-state index < -0.39 is 27.7 Å². The average molecular weight is 411 g/mol. The number of piperazine rings is 1. The molecule has 1 aromatic carbocycles. The molecule has 1 aliphatic rings. The first-order chi connectivity index (χ1) is 13.4. The molecule has 1 aliphatic heterocycles. The van der Waals surface area contributed by atoms with Gasteiger partial charge in [0.2, 0.25) is 10.0 Å². The van der Waals surface area contributed by atoms with Crippen molar-refractivity contribution in [1.82, 2.24) is 15.2 Å². The molecule has 9 nitrogen and oxygen atoms in total. The van der Waals surface area contributed by atoms with Crippen molar-refractivity contribution in [2.45, 2.75) is 4.90 Å². The van der Waals surface area contributed by atoms with E-state index in [1.165, 1.54) is 34.8 Å². The first kappa shape index (κ1) is 20.0. The molecule has 11 heteroatoms. The molecule has 150 valence electrons. The van der Waals surface area contributed by atoms with Crippen molar-refractivity contribution >= 4 is 21.8 Å². The second-order valence-corrected chi connectivity index (χ2v) is 8.15. The first-order valence-corrected chi connectivity index (χ1v) is 10.0. The summed E-state index contributed by atoms with van der Waals surface area (Å²) in [5, 5.41) is 0. The molecule has 3 rings (SSSR count). The summed E-state index contributed by atoms with van der Waals surface area (Å²) < 4.78 is 45.1. The van der Waals surface area contributed by atoms with Crippen LogP contribution in [0.4, 0.5) is 4.39 Å². The predicted octanol–water partition coefficient (Wildman–Crippen LogP) is -1.23. The summed E-state index contributed by atoms with van der Waals surface area (Å²) in [7, 11) is -3.91. The second kappa shape index (κ2) is 8.50. The largest absolute Gasteiger partial charge is 0.459 e. The van der Waals surface area contributed by atoms with E-state index in [4.69, 9.17) is 4.42 Å². The van der Waals surface area contributed by atoms with Crippen LogP contribution in [0.15, 0.2) is 52.0 Å². The van der Waals surface area contributed by atoms with Crippen molar-refractivity contribution < 1.29 is 31.7 Å². The van der Waals surface area contributed by atoms with Gasteiger partial charge in [0.05, 0.1) is 32.4 Å². The zero-order valence-corrected chi connectivity index (χ0v) is 15.7. The van der Waals surface area contributed by atoms with Gasteiger partial charge in [0.25, 0.3) is 5.91 Å². The highest BCUT2D eigenvalue weighted by Gasteiger charge is 2.32. The number of benzene rings is 1. The Labute approximate surface area is 161 Å². The fraction of sp³-hybridized carbons (Fsp3) is 0.294. The van der Waals surface area contributed by atoms with Crippen molar-refractivity contribution in [3.05, 3.63) is 54.2 Å². The van der Waals surface area contributed by atoms with E-state index in [-0.39, 0.29) is 30.3 Å². The Morgan fingerprint density at radius 1 is 1.11 bits per heavy atom. The molecule has 3 N–H and O–H groups in total. The molecule has 0 saturated carbocycles.